The van der Waals surface area contributed by atoms with Crippen molar-refractivity contribution in [2.45, 2.75) is 38.5 Å². The third-order valence-electron chi connectivity index (χ3n) is 3.53. The Bertz CT molecular complexity index is 123. The molecule has 0 unspecified atom stereocenters. The van der Waals surface area contributed by atoms with Gasteiger partial charge in [0.2, 0.25) is 0 Å². The summed E-state index contributed by atoms with van der Waals surface area (Å²) in [6.07, 6.45) is 8.98. The fourth-order valence-corrected chi connectivity index (χ4v) is 3.37. The van der Waals surface area contributed by atoms with Crippen molar-refractivity contribution in [3.63, 3.8) is 0 Å². The minimum atomic E-state index is 0.784. The van der Waals surface area contributed by atoms with Crippen molar-refractivity contribution in [2.75, 3.05) is 5.75 Å². The van der Waals surface area contributed by atoms with Gasteiger partial charge in [-0.2, -0.15) is 12.6 Å². The molecular weight excluding hydrogens is 140 g/mol. The Morgan fingerprint density at radius 2 is 2.00 bits per heavy atom. The first-order chi connectivity index (χ1) is 4.85. The minimum Gasteiger partial charge on any atom is -0.179 e. The molecule has 2 bridgehead atoms. The van der Waals surface area contributed by atoms with Crippen molar-refractivity contribution in [2.24, 2.45) is 11.3 Å². The molecule has 0 nitrogen and oxygen atoms in total. The zero-order valence-electron chi connectivity index (χ0n) is 6.47. The molecule has 0 heterocycles. The monoisotopic (exact) mass is 156 g/mol. The van der Waals surface area contributed by atoms with Crippen LogP contribution in [-0.4, -0.2) is 5.75 Å². The first kappa shape index (κ1) is 7.02. The van der Waals surface area contributed by atoms with Crippen molar-refractivity contribution in [1.82, 2.24) is 0 Å². The highest BCUT2D eigenvalue weighted by Gasteiger charge is 2.43. The summed E-state index contributed by atoms with van der Waals surface area (Å²) in [5, 5.41) is 0. The summed E-state index contributed by atoms with van der Waals surface area (Å²) < 4.78 is 0. The van der Waals surface area contributed by atoms with Crippen LogP contribution in [0.5, 0.6) is 0 Å². The lowest BCUT2D eigenvalue weighted by molar-refractivity contribution is 0.286. The molecule has 0 aromatic carbocycles. The third kappa shape index (κ3) is 0.990. The molecule has 2 rings (SSSR count). The van der Waals surface area contributed by atoms with E-state index in [0.29, 0.717) is 0 Å². The molecule has 0 N–H and O–H groups in total. The van der Waals surface area contributed by atoms with Crippen LogP contribution in [0.3, 0.4) is 0 Å². The Kier molecular flexibility index (Phi) is 1.71. The van der Waals surface area contributed by atoms with Gasteiger partial charge in [-0.25, -0.2) is 0 Å². The van der Waals surface area contributed by atoms with Gasteiger partial charge < -0.3 is 0 Å². The molecule has 0 aromatic heterocycles. The quantitative estimate of drug-likeness (QED) is 0.584. The van der Waals surface area contributed by atoms with Crippen LogP contribution in [0.1, 0.15) is 38.5 Å². The van der Waals surface area contributed by atoms with E-state index >= 15 is 0 Å². The molecule has 2 fully saturated rings. The summed E-state index contributed by atoms with van der Waals surface area (Å²) in [5.74, 6) is 2.21. The summed E-state index contributed by atoms with van der Waals surface area (Å²) in [6, 6.07) is 0. The molecule has 0 spiro atoms. The van der Waals surface area contributed by atoms with Crippen LogP contribution in [0.15, 0.2) is 0 Å². The molecular formula is C9H16S. The molecule has 0 saturated heterocycles. The fourth-order valence-electron chi connectivity index (χ4n) is 2.90. The minimum absolute atomic E-state index is 0.784. The lowest BCUT2D eigenvalue weighted by Crippen LogP contribution is -2.13. The number of fused-ring (bicyclic) bond motifs is 2. The Morgan fingerprint density at radius 1 is 1.30 bits per heavy atom. The van der Waals surface area contributed by atoms with E-state index in [1.807, 2.05) is 0 Å². The maximum atomic E-state index is 4.32. The molecule has 2 aliphatic carbocycles. The van der Waals surface area contributed by atoms with Gasteiger partial charge in [0.15, 0.2) is 0 Å². The maximum absolute atomic E-state index is 4.32. The zero-order valence-corrected chi connectivity index (χ0v) is 7.37. The Hall–Kier alpha value is 0.350. The van der Waals surface area contributed by atoms with E-state index in [2.05, 4.69) is 12.6 Å². The highest BCUT2D eigenvalue weighted by atomic mass is 32.1. The highest BCUT2D eigenvalue weighted by molar-refractivity contribution is 7.80. The Morgan fingerprint density at radius 3 is 2.40 bits per heavy atom. The van der Waals surface area contributed by atoms with Crippen LogP contribution in [-0.2, 0) is 0 Å². The summed E-state index contributed by atoms with van der Waals surface area (Å²) in [5.41, 5.74) is 0.784. The number of hydrogen-bond acceptors (Lipinski definition) is 1. The van der Waals surface area contributed by atoms with Gasteiger partial charge in [-0.05, 0) is 55.6 Å². The predicted molar refractivity (Wildman–Crippen MR) is 47.5 cm³/mol. The average Bonchev–Trinajstić information content (AvgIpc) is 2.46. The maximum Gasteiger partial charge on any atom is -0.00926 e. The standard InChI is InChI=1S/C9H16S/c10-6-5-9-3-1-8(7-9)2-4-9/h8,10H,1-7H2. The van der Waals surface area contributed by atoms with Crippen molar-refractivity contribution < 1.29 is 0 Å². The van der Waals surface area contributed by atoms with Crippen molar-refractivity contribution in [1.29, 1.82) is 0 Å². The van der Waals surface area contributed by atoms with E-state index in [1.165, 1.54) is 38.5 Å². The second-order valence-electron chi connectivity index (χ2n) is 4.12. The molecule has 0 aromatic rings. The lowest BCUT2D eigenvalue weighted by Gasteiger charge is -2.25. The van der Waals surface area contributed by atoms with Gasteiger partial charge in [0.25, 0.3) is 0 Å². The molecule has 58 valence electrons. The first-order valence-electron chi connectivity index (χ1n) is 4.46. The van der Waals surface area contributed by atoms with Gasteiger partial charge in [-0.15, -0.1) is 0 Å². The number of rotatable bonds is 2. The van der Waals surface area contributed by atoms with E-state index in [4.69, 9.17) is 0 Å². The van der Waals surface area contributed by atoms with Gasteiger partial charge >= 0.3 is 0 Å². The number of thiol groups is 1. The second-order valence-corrected chi connectivity index (χ2v) is 4.57. The Balaban J connectivity index is 2.01. The van der Waals surface area contributed by atoms with Crippen LogP contribution < -0.4 is 0 Å². The van der Waals surface area contributed by atoms with Gasteiger partial charge in [-0.3, -0.25) is 0 Å². The van der Waals surface area contributed by atoms with Gasteiger partial charge in [-0.1, -0.05) is 0 Å². The van der Waals surface area contributed by atoms with Gasteiger partial charge in [0.1, 0.15) is 0 Å². The van der Waals surface area contributed by atoms with Crippen LogP contribution in [0.25, 0.3) is 0 Å². The van der Waals surface area contributed by atoms with E-state index in [9.17, 15) is 0 Å². The lowest BCUT2D eigenvalue weighted by atomic mass is 9.82. The third-order valence-corrected chi connectivity index (χ3v) is 3.75. The summed E-state index contributed by atoms with van der Waals surface area (Å²) in [4.78, 5) is 0. The molecule has 0 radical (unpaired) electrons. The van der Waals surface area contributed by atoms with Crippen molar-refractivity contribution in [3.05, 3.63) is 0 Å². The van der Waals surface area contributed by atoms with E-state index in [-0.39, 0.29) is 0 Å². The van der Waals surface area contributed by atoms with E-state index < -0.39 is 0 Å². The highest BCUT2D eigenvalue weighted by Crippen LogP contribution is 2.55. The normalized spacial score (nSPS) is 44.7. The largest absolute Gasteiger partial charge is 0.179 e. The molecule has 0 aliphatic heterocycles. The summed E-state index contributed by atoms with van der Waals surface area (Å²) in [6.45, 7) is 0. The van der Waals surface area contributed by atoms with Crippen LogP contribution >= 0.6 is 12.6 Å². The summed E-state index contributed by atoms with van der Waals surface area (Å²) in [7, 11) is 0. The zero-order chi connectivity index (χ0) is 7.03. The summed E-state index contributed by atoms with van der Waals surface area (Å²) >= 11 is 4.32. The smallest absolute Gasteiger partial charge is 0.00926 e. The first-order valence-corrected chi connectivity index (χ1v) is 5.09. The second kappa shape index (κ2) is 2.44. The number of hydrogen-bond donors (Lipinski definition) is 1. The van der Waals surface area contributed by atoms with Crippen molar-refractivity contribution in [3.8, 4) is 0 Å². The predicted octanol–water partition coefficient (Wildman–Crippen LogP) is 2.89. The molecule has 2 aliphatic rings. The topological polar surface area (TPSA) is 0 Å². The Labute approximate surface area is 68.8 Å². The fraction of sp³-hybridized carbons (Fsp3) is 1.00. The van der Waals surface area contributed by atoms with Gasteiger partial charge in [0, 0.05) is 0 Å². The van der Waals surface area contributed by atoms with Crippen LogP contribution in [0.2, 0.25) is 0 Å². The molecule has 10 heavy (non-hydrogen) atoms. The molecule has 1 heteroatoms. The van der Waals surface area contributed by atoms with Crippen molar-refractivity contribution >= 4 is 12.6 Å². The SMILES string of the molecule is SCCC12CCC(CC1)C2. The van der Waals surface area contributed by atoms with Crippen LogP contribution in [0.4, 0.5) is 0 Å². The molecule has 0 amide bonds. The van der Waals surface area contributed by atoms with E-state index in [0.717, 1.165) is 17.1 Å². The van der Waals surface area contributed by atoms with Gasteiger partial charge in [0.05, 0.1) is 0 Å². The molecule has 2 saturated carbocycles. The average molecular weight is 156 g/mol. The van der Waals surface area contributed by atoms with E-state index in [1.54, 1.807) is 0 Å². The van der Waals surface area contributed by atoms with Crippen LogP contribution in [0, 0.1) is 11.3 Å². The molecule has 0 atom stereocenters.